The SMILES string of the molecule is COCc1cc(N2CCCC2)nc(C2=CCN(C[C@H](O)c3ccccc3)CC2)n1. The van der Waals surface area contributed by atoms with E-state index in [2.05, 4.69) is 21.9 Å². The molecule has 3 heterocycles. The van der Waals surface area contributed by atoms with E-state index in [1.165, 1.54) is 18.4 Å². The lowest BCUT2D eigenvalue weighted by Gasteiger charge is -2.28. The molecule has 154 valence electrons. The minimum atomic E-state index is -0.464. The van der Waals surface area contributed by atoms with Gasteiger partial charge in [-0.05, 0) is 30.4 Å². The van der Waals surface area contributed by atoms with E-state index in [0.717, 1.165) is 55.5 Å². The summed E-state index contributed by atoms with van der Waals surface area (Å²) in [5.41, 5.74) is 3.09. The van der Waals surface area contributed by atoms with Crippen molar-refractivity contribution in [3.05, 3.63) is 59.6 Å². The fraction of sp³-hybridized carbons (Fsp3) is 0.478. The second-order valence-electron chi connectivity index (χ2n) is 7.83. The summed E-state index contributed by atoms with van der Waals surface area (Å²) < 4.78 is 5.33. The molecule has 2 aromatic rings. The van der Waals surface area contributed by atoms with Crippen molar-refractivity contribution in [2.75, 3.05) is 44.7 Å². The fourth-order valence-electron chi connectivity index (χ4n) is 4.06. The van der Waals surface area contributed by atoms with Crippen LogP contribution in [0.5, 0.6) is 0 Å². The monoisotopic (exact) mass is 394 g/mol. The second-order valence-corrected chi connectivity index (χ2v) is 7.83. The van der Waals surface area contributed by atoms with E-state index in [0.29, 0.717) is 13.2 Å². The molecular weight excluding hydrogens is 364 g/mol. The molecule has 6 nitrogen and oxygen atoms in total. The molecule has 1 fully saturated rings. The molecule has 0 radical (unpaired) electrons. The van der Waals surface area contributed by atoms with Gasteiger partial charge in [-0.1, -0.05) is 36.4 Å². The number of hydrogen-bond donors (Lipinski definition) is 1. The highest BCUT2D eigenvalue weighted by atomic mass is 16.5. The molecule has 2 aliphatic heterocycles. The first kappa shape index (κ1) is 20.0. The lowest BCUT2D eigenvalue weighted by atomic mass is 10.0. The van der Waals surface area contributed by atoms with Crippen LogP contribution in [-0.4, -0.2) is 59.8 Å². The van der Waals surface area contributed by atoms with Crippen LogP contribution in [0.2, 0.25) is 0 Å². The van der Waals surface area contributed by atoms with Crippen molar-refractivity contribution in [2.24, 2.45) is 0 Å². The van der Waals surface area contributed by atoms with Crippen LogP contribution in [0, 0.1) is 0 Å². The number of β-amino-alcohol motifs (C(OH)–C–C–N with tert-alkyl or cyclic N) is 1. The summed E-state index contributed by atoms with van der Waals surface area (Å²) in [7, 11) is 1.70. The van der Waals surface area contributed by atoms with Gasteiger partial charge in [0.25, 0.3) is 0 Å². The predicted molar refractivity (Wildman–Crippen MR) is 115 cm³/mol. The van der Waals surface area contributed by atoms with Crippen LogP contribution < -0.4 is 4.90 Å². The Bertz CT molecular complexity index is 834. The van der Waals surface area contributed by atoms with E-state index < -0.39 is 6.10 Å². The Balaban J connectivity index is 1.46. The molecule has 0 aliphatic carbocycles. The van der Waals surface area contributed by atoms with E-state index in [1.54, 1.807) is 7.11 Å². The van der Waals surface area contributed by atoms with Gasteiger partial charge in [-0.2, -0.15) is 0 Å². The summed E-state index contributed by atoms with van der Waals surface area (Å²) in [5, 5.41) is 10.5. The van der Waals surface area contributed by atoms with Gasteiger partial charge in [0, 0.05) is 45.9 Å². The lowest BCUT2D eigenvalue weighted by Crippen LogP contribution is -2.32. The number of hydrogen-bond acceptors (Lipinski definition) is 6. The van der Waals surface area contributed by atoms with Gasteiger partial charge in [-0.15, -0.1) is 0 Å². The molecule has 1 saturated heterocycles. The smallest absolute Gasteiger partial charge is 0.157 e. The number of methoxy groups -OCH3 is 1. The van der Waals surface area contributed by atoms with Gasteiger partial charge in [0.15, 0.2) is 5.82 Å². The number of aliphatic hydroxyl groups excluding tert-OH is 1. The molecule has 29 heavy (non-hydrogen) atoms. The number of aliphatic hydroxyl groups is 1. The highest BCUT2D eigenvalue weighted by molar-refractivity contribution is 5.62. The van der Waals surface area contributed by atoms with Gasteiger partial charge in [0.05, 0.1) is 18.4 Å². The van der Waals surface area contributed by atoms with Crippen LogP contribution in [0.25, 0.3) is 5.57 Å². The van der Waals surface area contributed by atoms with Gasteiger partial charge in [0.2, 0.25) is 0 Å². The number of aromatic nitrogens is 2. The highest BCUT2D eigenvalue weighted by Gasteiger charge is 2.21. The third kappa shape index (κ3) is 5.01. The van der Waals surface area contributed by atoms with E-state index in [-0.39, 0.29) is 0 Å². The number of ether oxygens (including phenoxy) is 1. The minimum absolute atomic E-state index is 0.464. The molecule has 1 aromatic carbocycles. The average molecular weight is 395 g/mol. The van der Waals surface area contributed by atoms with Gasteiger partial charge in [-0.25, -0.2) is 9.97 Å². The maximum atomic E-state index is 10.5. The molecule has 0 saturated carbocycles. The Morgan fingerprint density at radius 2 is 1.90 bits per heavy atom. The zero-order chi connectivity index (χ0) is 20.1. The Kier molecular flexibility index (Phi) is 6.54. The number of anilines is 1. The molecular formula is C23H30N4O2. The number of rotatable bonds is 7. The zero-order valence-corrected chi connectivity index (χ0v) is 17.1. The molecule has 6 heteroatoms. The average Bonchev–Trinajstić information content (AvgIpc) is 3.30. The molecule has 0 amide bonds. The molecule has 0 bridgehead atoms. The molecule has 1 atom stereocenters. The normalized spacial score (nSPS) is 18.7. The largest absolute Gasteiger partial charge is 0.387 e. The predicted octanol–water partition coefficient (Wildman–Crippen LogP) is 3.05. The molecule has 0 unspecified atom stereocenters. The quantitative estimate of drug-likeness (QED) is 0.779. The van der Waals surface area contributed by atoms with Crippen LogP contribution in [-0.2, 0) is 11.3 Å². The van der Waals surface area contributed by atoms with E-state index >= 15 is 0 Å². The zero-order valence-electron chi connectivity index (χ0n) is 17.1. The van der Waals surface area contributed by atoms with Crippen molar-refractivity contribution >= 4 is 11.4 Å². The van der Waals surface area contributed by atoms with E-state index in [4.69, 9.17) is 14.7 Å². The summed E-state index contributed by atoms with van der Waals surface area (Å²) in [6, 6.07) is 11.9. The van der Waals surface area contributed by atoms with E-state index in [9.17, 15) is 5.11 Å². The topological polar surface area (TPSA) is 61.7 Å². The third-order valence-corrected chi connectivity index (χ3v) is 5.68. The first-order valence-electron chi connectivity index (χ1n) is 10.5. The second kappa shape index (κ2) is 9.48. The fourth-order valence-corrected chi connectivity index (χ4v) is 4.06. The van der Waals surface area contributed by atoms with Crippen molar-refractivity contribution < 1.29 is 9.84 Å². The van der Waals surface area contributed by atoms with Crippen LogP contribution in [0.1, 0.15) is 42.4 Å². The van der Waals surface area contributed by atoms with Crippen molar-refractivity contribution in [2.45, 2.75) is 32.0 Å². The maximum absolute atomic E-state index is 10.5. The first-order chi connectivity index (χ1) is 14.2. The molecule has 0 spiro atoms. The summed E-state index contributed by atoms with van der Waals surface area (Å²) >= 11 is 0. The third-order valence-electron chi connectivity index (χ3n) is 5.68. The van der Waals surface area contributed by atoms with Gasteiger partial charge < -0.3 is 14.7 Å². The summed E-state index contributed by atoms with van der Waals surface area (Å²) in [5.74, 6) is 1.84. The lowest BCUT2D eigenvalue weighted by molar-refractivity contribution is 0.119. The highest BCUT2D eigenvalue weighted by Crippen LogP contribution is 2.25. The molecule has 4 rings (SSSR count). The van der Waals surface area contributed by atoms with Gasteiger partial charge >= 0.3 is 0 Å². The van der Waals surface area contributed by atoms with Crippen molar-refractivity contribution in [1.82, 2.24) is 14.9 Å². The Morgan fingerprint density at radius 3 is 2.59 bits per heavy atom. The van der Waals surface area contributed by atoms with Gasteiger partial charge in [0.1, 0.15) is 5.82 Å². The Labute approximate surface area is 172 Å². The minimum Gasteiger partial charge on any atom is -0.387 e. The van der Waals surface area contributed by atoms with Crippen LogP contribution in [0.3, 0.4) is 0 Å². The Hall–Kier alpha value is -2.28. The van der Waals surface area contributed by atoms with E-state index in [1.807, 2.05) is 30.3 Å². The Morgan fingerprint density at radius 1 is 1.10 bits per heavy atom. The summed E-state index contributed by atoms with van der Waals surface area (Å²) in [6.07, 6.45) is 5.08. The maximum Gasteiger partial charge on any atom is 0.157 e. The van der Waals surface area contributed by atoms with Gasteiger partial charge in [-0.3, -0.25) is 4.90 Å². The van der Waals surface area contributed by atoms with Crippen LogP contribution in [0.15, 0.2) is 42.5 Å². The molecule has 1 aromatic heterocycles. The number of benzene rings is 1. The van der Waals surface area contributed by atoms with Crippen LogP contribution in [0.4, 0.5) is 5.82 Å². The van der Waals surface area contributed by atoms with Crippen molar-refractivity contribution in [3.8, 4) is 0 Å². The van der Waals surface area contributed by atoms with Crippen LogP contribution >= 0.6 is 0 Å². The molecule has 2 aliphatic rings. The molecule has 1 N–H and O–H groups in total. The van der Waals surface area contributed by atoms with Crippen molar-refractivity contribution in [1.29, 1.82) is 0 Å². The summed E-state index contributed by atoms with van der Waals surface area (Å²) in [6.45, 7) is 4.96. The van der Waals surface area contributed by atoms with Crippen molar-refractivity contribution in [3.63, 3.8) is 0 Å². The first-order valence-corrected chi connectivity index (χ1v) is 10.5. The number of nitrogens with zero attached hydrogens (tertiary/aromatic N) is 4. The standard InChI is InChI=1S/C23H30N4O2/c1-29-17-20-15-22(27-11-5-6-12-27)25-23(24-20)19-9-13-26(14-10-19)16-21(28)18-7-3-2-4-8-18/h2-4,7-9,15,21,28H,5-6,10-14,16-17H2,1H3/t21-/m0/s1. The summed E-state index contributed by atoms with van der Waals surface area (Å²) in [4.78, 5) is 14.3.